The second-order valence-electron chi connectivity index (χ2n) is 4.79. The van der Waals surface area contributed by atoms with Crippen LogP contribution in [-0.4, -0.2) is 10.2 Å². The number of rotatable bonds is 3. The molecule has 3 rings (SSSR count). The standard InChI is InChI=1S/C18H12ClNOS2/c19-14-9-11-15(12-10-14)20-17(21)16(23-18(20)22)8-4-7-13-5-2-1-3-6-13/h1-12H/b7-4-,16-8+. The lowest BCUT2D eigenvalue weighted by Crippen LogP contribution is -2.27. The number of halogens is 1. The van der Waals surface area contributed by atoms with Gasteiger partial charge in [0.15, 0.2) is 4.32 Å². The minimum Gasteiger partial charge on any atom is -0.268 e. The van der Waals surface area contributed by atoms with Crippen molar-refractivity contribution in [3.63, 3.8) is 0 Å². The minimum atomic E-state index is -0.111. The Hall–Kier alpha value is -1.88. The molecule has 0 saturated carbocycles. The Morgan fingerprint density at radius 2 is 1.74 bits per heavy atom. The molecule has 2 nitrogen and oxygen atoms in total. The van der Waals surface area contributed by atoms with Crippen LogP contribution in [0, 0.1) is 0 Å². The van der Waals surface area contributed by atoms with Gasteiger partial charge < -0.3 is 0 Å². The maximum absolute atomic E-state index is 12.5. The van der Waals surface area contributed by atoms with E-state index in [9.17, 15) is 4.79 Å². The second-order valence-corrected chi connectivity index (χ2v) is 6.90. The summed E-state index contributed by atoms with van der Waals surface area (Å²) < 4.78 is 0.525. The topological polar surface area (TPSA) is 20.3 Å². The van der Waals surface area contributed by atoms with E-state index in [0.29, 0.717) is 14.2 Å². The number of anilines is 1. The zero-order valence-electron chi connectivity index (χ0n) is 12.0. The fourth-order valence-corrected chi connectivity index (χ4v) is 3.48. The lowest BCUT2D eigenvalue weighted by molar-refractivity contribution is -0.113. The summed E-state index contributed by atoms with van der Waals surface area (Å²) in [7, 11) is 0. The lowest BCUT2D eigenvalue weighted by atomic mass is 10.2. The van der Waals surface area contributed by atoms with E-state index in [1.165, 1.54) is 16.7 Å². The van der Waals surface area contributed by atoms with Gasteiger partial charge >= 0.3 is 0 Å². The fourth-order valence-electron chi connectivity index (χ4n) is 2.11. The molecular weight excluding hydrogens is 346 g/mol. The van der Waals surface area contributed by atoms with E-state index in [4.69, 9.17) is 23.8 Å². The molecule has 0 atom stereocenters. The lowest BCUT2D eigenvalue weighted by Gasteiger charge is -2.14. The Morgan fingerprint density at radius 3 is 2.43 bits per heavy atom. The molecule has 0 aromatic heterocycles. The highest BCUT2D eigenvalue weighted by molar-refractivity contribution is 8.27. The Kier molecular flexibility index (Phi) is 4.96. The van der Waals surface area contributed by atoms with Crippen LogP contribution in [0.3, 0.4) is 0 Å². The first-order valence-corrected chi connectivity index (χ1v) is 8.51. The highest BCUT2D eigenvalue weighted by Gasteiger charge is 2.32. The molecule has 1 amide bonds. The van der Waals surface area contributed by atoms with Crippen molar-refractivity contribution >= 4 is 57.6 Å². The second kappa shape index (κ2) is 7.13. The summed E-state index contributed by atoms with van der Waals surface area (Å²) in [5.74, 6) is -0.111. The maximum Gasteiger partial charge on any atom is 0.270 e. The first-order chi connectivity index (χ1) is 11.1. The van der Waals surface area contributed by atoms with Gasteiger partial charge in [0.1, 0.15) is 0 Å². The number of nitrogens with zero attached hydrogens (tertiary/aromatic N) is 1. The number of hydrogen-bond donors (Lipinski definition) is 0. The molecule has 2 aromatic rings. The number of hydrogen-bond acceptors (Lipinski definition) is 3. The average molecular weight is 358 g/mol. The number of benzene rings is 2. The maximum atomic E-state index is 12.5. The zero-order valence-corrected chi connectivity index (χ0v) is 14.4. The summed E-state index contributed by atoms with van der Waals surface area (Å²) >= 11 is 12.5. The van der Waals surface area contributed by atoms with Crippen molar-refractivity contribution in [3.05, 3.63) is 82.2 Å². The number of carbonyl (C=O) groups excluding carboxylic acids is 1. The van der Waals surface area contributed by atoms with Crippen molar-refractivity contribution in [3.8, 4) is 0 Å². The number of thioether (sulfide) groups is 1. The van der Waals surface area contributed by atoms with E-state index in [1.54, 1.807) is 30.3 Å². The van der Waals surface area contributed by atoms with Crippen LogP contribution in [0.15, 0.2) is 71.7 Å². The molecule has 2 aromatic carbocycles. The van der Waals surface area contributed by atoms with Gasteiger partial charge in [0.25, 0.3) is 5.91 Å². The summed E-state index contributed by atoms with van der Waals surface area (Å²) in [4.78, 5) is 14.7. The SMILES string of the molecule is O=C1/C(=C\C=C/c2ccccc2)SC(=S)N1c1ccc(Cl)cc1. The largest absolute Gasteiger partial charge is 0.270 e. The van der Waals surface area contributed by atoms with Crippen molar-refractivity contribution in [2.75, 3.05) is 4.90 Å². The average Bonchev–Trinajstić information content (AvgIpc) is 2.84. The molecule has 0 spiro atoms. The third kappa shape index (κ3) is 3.72. The third-order valence-electron chi connectivity index (χ3n) is 3.21. The fraction of sp³-hybridized carbons (Fsp3) is 0. The van der Waals surface area contributed by atoms with Gasteiger partial charge in [-0.3, -0.25) is 9.69 Å². The molecule has 5 heteroatoms. The predicted octanol–water partition coefficient (Wildman–Crippen LogP) is 5.30. The van der Waals surface area contributed by atoms with Crippen LogP contribution in [0.1, 0.15) is 5.56 Å². The van der Waals surface area contributed by atoms with E-state index in [1.807, 2.05) is 42.5 Å². The van der Waals surface area contributed by atoms with Gasteiger partial charge in [0.2, 0.25) is 0 Å². The van der Waals surface area contributed by atoms with Crippen LogP contribution >= 0.6 is 35.6 Å². The molecule has 1 aliphatic rings. The van der Waals surface area contributed by atoms with Gasteiger partial charge in [-0.05, 0) is 35.9 Å². The normalized spacial score (nSPS) is 16.7. The van der Waals surface area contributed by atoms with Gasteiger partial charge in [-0.25, -0.2) is 0 Å². The van der Waals surface area contributed by atoms with Gasteiger partial charge in [0, 0.05) is 5.02 Å². The molecule has 0 aliphatic carbocycles. The van der Waals surface area contributed by atoms with Crippen LogP contribution in [0.4, 0.5) is 5.69 Å². The van der Waals surface area contributed by atoms with Crippen molar-refractivity contribution in [1.29, 1.82) is 0 Å². The Labute approximate surface area is 149 Å². The molecule has 0 bridgehead atoms. The van der Waals surface area contributed by atoms with Crippen molar-refractivity contribution in [2.45, 2.75) is 0 Å². The Balaban J connectivity index is 1.79. The molecule has 0 unspecified atom stereocenters. The van der Waals surface area contributed by atoms with Gasteiger partial charge in [-0.15, -0.1) is 0 Å². The summed E-state index contributed by atoms with van der Waals surface area (Å²) in [6.45, 7) is 0. The van der Waals surface area contributed by atoms with Crippen LogP contribution in [0.5, 0.6) is 0 Å². The summed E-state index contributed by atoms with van der Waals surface area (Å²) in [5.41, 5.74) is 1.81. The zero-order chi connectivity index (χ0) is 16.2. The van der Waals surface area contributed by atoms with E-state index in [0.717, 1.165) is 11.3 Å². The highest BCUT2D eigenvalue weighted by atomic mass is 35.5. The third-order valence-corrected chi connectivity index (χ3v) is 4.79. The van der Waals surface area contributed by atoms with Gasteiger partial charge in [-0.2, -0.15) is 0 Å². The molecule has 1 heterocycles. The van der Waals surface area contributed by atoms with Crippen molar-refractivity contribution in [1.82, 2.24) is 0 Å². The van der Waals surface area contributed by atoms with Crippen LogP contribution < -0.4 is 4.90 Å². The first kappa shape index (κ1) is 16.0. The molecular formula is C18H12ClNOS2. The molecule has 1 aliphatic heterocycles. The number of allylic oxidation sites excluding steroid dienone is 2. The van der Waals surface area contributed by atoms with Crippen molar-refractivity contribution < 1.29 is 4.79 Å². The number of carbonyl (C=O) groups is 1. The van der Waals surface area contributed by atoms with E-state index in [2.05, 4.69) is 0 Å². The van der Waals surface area contributed by atoms with E-state index < -0.39 is 0 Å². The monoisotopic (exact) mass is 357 g/mol. The molecule has 0 radical (unpaired) electrons. The molecule has 114 valence electrons. The predicted molar refractivity (Wildman–Crippen MR) is 103 cm³/mol. The molecule has 1 fully saturated rings. The summed E-state index contributed by atoms with van der Waals surface area (Å²) in [6.07, 6.45) is 5.61. The van der Waals surface area contributed by atoms with Crippen molar-refractivity contribution in [2.24, 2.45) is 0 Å². The number of amides is 1. The summed E-state index contributed by atoms with van der Waals surface area (Å²) in [6, 6.07) is 17.0. The van der Waals surface area contributed by atoms with Gasteiger partial charge in [-0.1, -0.05) is 78.1 Å². The Morgan fingerprint density at radius 1 is 1.04 bits per heavy atom. The first-order valence-electron chi connectivity index (χ1n) is 6.90. The van der Waals surface area contributed by atoms with Crippen LogP contribution in [0.25, 0.3) is 6.08 Å². The molecule has 0 N–H and O–H groups in total. The summed E-state index contributed by atoms with van der Waals surface area (Å²) in [5, 5.41) is 0.625. The van der Waals surface area contributed by atoms with Crippen LogP contribution in [-0.2, 0) is 4.79 Å². The van der Waals surface area contributed by atoms with Crippen LogP contribution in [0.2, 0.25) is 5.02 Å². The number of thiocarbonyl (C=S) groups is 1. The molecule has 1 saturated heterocycles. The van der Waals surface area contributed by atoms with E-state index in [-0.39, 0.29) is 5.91 Å². The highest BCUT2D eigenvalue weighted by Crippen LogP contribution is 2.35. The smallest absolute Gasteiger partial charge is 0.268 e. The Bertz CT molecular complexity index is 798. The minimum absolute atomic E-state index is 0.111. The molecule has 23 heavy (non-hydrogen) atoms. The quantitative estimate of drug-likeness (QED) is 0.549. The van der Waals surface area contributed by atoms with E-state index >= 15 is 0 Å². The van der Waals surface area contributed by atoms with Gasteiger partial charge in [0.05, 0.1) is 10.6 Å².